The second-order valence-corrected chi connectivity index (χ2v) is 5.30. The zero-order chi connectivity index (χ0) is 15.8. The van der Waals surface area contributed by atoms with Crippen molar-refractivity contribution in [2.75, 3.05) is 0 Å². The number of hydrogen-bond acceptors (Lipinski definition) is 2. The van der Waals surface area contributed by atoms with Crippen LogP contribution in [0.1, 0.15) is 30.9 Å². The molecule has 0 spiro atoms. The largest absolute Gasteiger partial charge is 0.416 e. The van der Waals surface area contributed by atoms with Crippen molar-refractivity contribution in [1.82, 2.24) is 4.90 Å². The monoisotopic (exact) mass is 304 g/mol. The van der Waals surface area contributed by atoms with Crippen LogP contribution in [0.3, 0.4) is 0 Å². The van der Waals surface area contributed by atoms with Crippen LogP contribution < -0.4 is 5.73 Å². The molecule has 1 fully saturated rings. The summed E-state index contributed by atoms with van der Waals surface area (Å²) in [7, 11) is 0. The first-order chi connectivity index (χ1) is 9.70. The molecule has 2 N–H and O–H groups in total. The SMILES string of the molecule is C[C@@H]1CC[C@@H](N)C(=O)N1Cc1cc(C(F)(F)F)ccc1F. The summed E-state index contributed by atoms with van der Waals surface area (Å²) >= 11 is 0. The van der Waals surface area contributed by atoms with E-state index in [1.165, 1.54) is 4.90 Å². The number of alkyl halides is 3. The van der Waals surface area contributed by atoms with Gasteiger partial charge in [-0.15, -0.1) is 0 Å². The molecule has 2 rings (SSSR count). The molecule has 0 aromatic heterocycles. The predicted octanol–water partition coefficient (Wildman–Crippen LogP) is 2.68. The Morgan fingerprint density at radius 2 is 2.00 bits per heavy atom. The van der Waals surface area contributed by atoms with Crippen LogP contribution in [0, 0.1) is 5.82 Å². The van der Waals surface area contributed by atoms with Gasteiger partial charge in [-0.1, -0.05) is 0 Å². The van der Waals surface area contributed by atoms with Gasteiger partial charge in [0.1, 0.15) is 5.82 Å². The molecule has 1 aliphatic rings. The van der Waals surface area contributed by atoms with E-state index in [0.717, 1.165) is 12.1 Å². The van der Waals surface area contributed by atoms with Crippen molar-refractivity contribution in [1.29, 1.82) is 0 Å². The summed E-state index contributed by atoms with van der Waals surface area (Å²) in [5.41, 5.74) is 4.57. The number of nitrogens with zero attached hydrogens (tertiary/aromatic N) is 1. The summed E-state index contributed by atoms with van der Waals surface area (Å²) in [6.07, 6.45) is -3.37. The Labute approximate surface area is 119 Å². The van der Waals surface area contributed by atoms with Gasteiger partial charge in [0.2, 0.25) is 5.91 Å². The van der Waals surface area contributed by atoms with E-state index >= 15 is 0 Å². The standard InChI is InChI=1S/C14H16F4N2O/c1-8-2-5-12(19)13(21)20(8)7-9-6-10(14(16,17)18)3-4-11(9)15/h3-4,6,8,12H,2,5,7,19H2,1H3/t8-,12-/m1/s1. The minimum atomic E-state index is -4.55. The fraction of sp³-hybridized carbons (Fsp3) is 0.500. The third-order valence-electron chi connectivity index (χ3n) is 3.74. The second-order valence-electron chi connectivity index (χ2n) is 5.30. The van der Waals surface area contributed by atoms with Gasteiger partial charge < -0.3 is 10.6 Å². The van der Waals surface area contributed by atoms with Crippen molar-refractivity contribution in [2.24, 2.45) is 5.73 Å². The zero-order valence-corrected chi connectivity index (χ0v) is 11.5. The molecular weight excluding hydrogens is 288 g/mol. The van der Waals surface area contributed by atoms with E-state index in [0.29, 0.717) is 18.9 Å². The Morgan fingerprint density at radius 1 is 1.33 bits per heavy atom. The van der Waals surface area contributed by atoms with Crippen LogP contribution in [-0.2, 0) is 17.5 Å². The van der Waals surface area contributed by atoms with Gasteiger partial charge in [0, 0.05) is 18.2 Å². The van der Waals surface area contributed by atoms with Crippen LogP contribution in [0.2, 0.25) is 0 Å². The molecule has 116 valence electrons. The Kier molecular flexibility index (Phi) is 4.22. The number of carbonyl (C=O) groups is 1. The number of benzene rings is 1. The van der Waals surface area contributed by atoms with Crippen LogP contribution in [-0.4, -0.2) is 22.9 Å². The van der Waals surface area contributed by atoms with E-state index < -0.39 is 23.6 Å². The van der Waals surface area contributed by atoms with Gasteiger partial charge in [-0.2, -0.15) is 13.2 Å². The number of nitrogens with two attached hydrogens (primary N) is 1. The first kappa shape index (κ1) is 15.8. The highest BCUT2D eigenvalue weighted by Crippen LogP contribution is 2.31. The number of amides is 1. The predicted molar refractivity (Wildman–Crippen MR) is 68.6 cm³/mol. The Morgan fingerprint density at radius 3 is 2.62 bits per heavy atom. The Bertz CT molecular complexity index is 544. The van der Waals surface area contributed by atoms with Crippen LogP contribution in [0.15, 0.2) is 18.2 Å². The zero-order valence-electron chi connectivity index (χ0n) is 11.5. The maximum absolute atomic E-state index is 13.7. The third kappa shape index (κ3) is 3.34. The molecule has 1 amide bonds. The van der Waals surface area contributed by atoms with Crippen LogP contribution in [0.25, 0.3) is 0 Å². The summed E-state index contributed by atoms with van der Waals surface area (Å²) in [5.74, 6) is -1.12. The molecule has 0 unspecified atom stereocenters. The maximum atomic E-state index is 13.7. The summed E-state index contributed by atoms with van der Waals surface area (Å²) in [6, 6.07) is 1.36. The normalized spacial score (nSPS) is 23.5. The quantitative estimate of drug-likeness (QED) is 0.854. The van der Waals surface area contributed by atoms with E-state index in [9.17, 15) is 22.4 Å². The number of halogens is 4. The Balaban J connectivity index is 2.28. The van der Waals surface area contributed by atoms with Crippen LogP contribution in [0.4, 0.5) is 17.6 Å². The molecule has 3 nitrogen and oxygen atoms in total. The molecule has 21 heavy (non-hydrogen) atoms. The van der Waals surface area contributed by atoms with Crippen LogP contribution in [0.5, 0.6) is 0 Å². The van der Waals surface area contributed by atoms with E-state index in [-0.39, 0.29) is 24.1 Å². The van der Waals surface area contributed by atoms with E-state index in [4.69, 9.17) is 5.73 Å². The van der Waals surface area contributed by atoms with Crippen LogP contribution >= 0.6 is 0 Å². The van der Waals surface area contributed by atoms with Gasteiger partial charge in [0.15, 0.2) is 0 Å². The summed E-state index contributed by atoms with van der Waals surface area (Å²) in [4.78, 5) is 13.3. The fourth-order valence-electron chi connectivity index (χ4n) is 2.42. The smallest absolute Gasteiger partial charge is 0.334 e. The number of carbonyl (C=O) groups excluding carboxylic acids is 1. The van der Waals surface area contributed by atoms with Crippen molar-refractivity contribution in [3.63, 3.8) is 0 Å². The minimum Gasteiger partial charge on any atom is -0.334 e. The minimum absolute atomic E-state index is 0.154. The molecule has 2 atom stereocenters. The van der Waals surface area contributed by atoms with Crippen molar-refractivity contribution in [2.45, 2.75) is 44.6 Å². The van der Waals surface area contributed by atoms with E-state index in [2.05, 4.69) is 0 Å². The summed E-state index contributed by atoms with van der Waals surface area (Å²) in [6.45, 7) is 1.57. The molecule has 0 aliphatic carbocycles. The third-order valence-corrected chi connectivity index (χ3v) is 3.74. The molecular formula is C14H16F4N2O. The number of hydrogen-bond donors (Lipinski definition) is 1. The van der Waals surface area contributed by atoms with E-state index in [1.807, 2.05) is 0 Å². The molecule has 7 heteroatoms. The van der Waals surface area contributed by atoms with Crippen molar-refractivity contribution >= 4 is 5.91 Å². The molecule has 1 aromatic rings. The summed E-state index contributed by atoms with van der Waals surface area (Å²) < 4.78 is 51.7. The lowest BCUT2D eigenvalue weighted by atomic mass is 9.98. The molecule has 1 saturated heterocycles. The average Bonchev–Trinajstić information content (AvgIpc) is 2.40. The Hall–Kier alpha value is -1.63. The highest BCUT2D eigenvalue weighted by molar-refractivity contribution is 5.82. The van der Waals surface area contributed by atoms with Gasteiger partial charge >= 0.3 is 6.18 Å². The average molecular weight is 304 g/mol. The number of likely N-dealkylation sites (tertiary alicyclic amines) is 1. The number of piperidine rings is 1. The molecule has 0 saturated carbocycles. The topological polar surface area (TPSA) is 46.3 Å². The van der Waals surface area contributed by atoms with Gasteiger partial charge in [0.05, 0.1) is 11.6 Å². The fourth-order valence-corrected chi connectivity index (χ4v) is 2.42. The number of rotatable bonds is 2. The highest BCUT2D eigenvalue weighted by atomic mass is 19.4. The lowest BCUT2D eigenvalue weighted by Gasteiger charge is -2.36. The van der Waals surface area contributed by atoms with Gasteiger partial charge in [-0.05, 0) is 38.0 Å². The molecule has 1 heterocycles. The lowest BCUT2D eigenvalue weighted by Crippen LogP contribution is -2.51. The van der Waals surface area contributed by atoms with Gasteiger partial charge in [0.25, 0.3) is 0 Å². The van der Waals surface area contributed by atoms with E-state index in [1.54, 1.807) is 6.92 Å². The van der Waals surface area contributed by atoms with Crippen molar-refractivity contribution in [3.05, 3.63) is 35.1 Å². The first-order valence-electron chi connectivity index (χ1n) is 6.62. The van der Waals surface area contributed by atoms with Crippen molar-refractivity contribution < 1.29 is 22.4 Å². The molecule has 0 bridgehead atoms. The summed E-state index contributed by atoms with van der Waals surface area (Å²) in [5, 5.41) is 0. The molecule has 1 aromatic carbocycles. The maximum Gasteiger partial charge on any atom is 0.416 e. The second kappa shape index (κ2) is 5.63. The van der Waals surface area contributed by atoms with Gasteiger partial charge in [-0.25, -0.2) is 4.39 Å². The molecule has 0 radical (unpaired) electrons. The van der Waals surface area contributed by atoms with Crippen molar-refractivity contribution in [3.8, 4) is 0 Å². The first-order valence-corrected chi connectivity index (χ1v) is 6.62. The molecule has 1 aliphatic heterocycles. The lowest BCUT2D eigenvalue weighted by molar-refractivity contribution is -0.138. The highest BCUT2D eigenvalue weighted by Gasteiger charge is 2.33. The van der Waals surface area contributed by atoms with Gasteiger partial charge in [-0.3, -0.25) is 4.79 Å².